The molecule has 0 aliphatic carbocycles. The fourth-order valence-electron chi connectivity index (χ4n) is 3.29. The highest BCUT2D eigenvalue weighted by atomic mass is 19.4. The first-order valence-corrected chi connectivity index (χ1v) is 8.40. The Morgan fingerprint density at radius 1 is 1.21 bits per heavy atom. The normalized spacial score (nSPS) is 23.5. The Balaban J connectivity index is 1.59. The SMILES string of the molecule is Cc1cc(C(F)(F)F)nc(N2CCN(CC3CCCOC3)CC2)n1. The summed E-state index contributed by atoms with van der Waals surface area (Å²) >= 11 is 0. The van der Waals surface area contributed by atoms with E-state index >= 15 is 0 Å². The Kier molecular flexibility index (Phi) is 5.24. The summed E-state index contributed by atoms with van der Waals surface area (Å²) in [6.45, 7) is 7.16. The predicted molar refractivity (Wildman–Crippen MR) is 84.0 cm³/mol. The zero-order valence-electron chi connectivity index (χ0n) is 13.8. The standard InChI is InChI=1S/C16H23F3N4O/c1-12-9-14(16(17,18)19)21-15(20-12)23-6-4-22(5-7-23)10-13-3-2-8-24-11-13/h9,13H,2-8,10-11H2,1H3. The van der Waals surface area contributed by atoms with Crippen LogP contribution < -0.4 is 4.90 Å². The van der Waals surface area contributed by atoms with E-state index in [0.29, 0.717) is 24.7 Å². The zero-order valence-corrected chi connectivity index (χ0v) is 13.8. The monoisotopic (exact) mass is 344 g/mol. The Morgan fingerprint density at radius 2 is 1.96 bits per heavy atom. The van der Waals surface area contributed by atoms with E-state index in [4.69, 9.17) is 4.74 Å². The molecule has 1 unspecified atom stereocenters. The van der Waals surface area contributed by atoms with E-state index < -0.39 is 11.9 Å². The number of halogens is 3. The van der Waals surface area contributed by atoms with Crippen LogP contribution in [0.1, 0.15) is 24.2 Å². The van der Waals surface area contributed by atoms with E-state index in [1.807, 2.05) is 4.90 Å². The van der Waals surface area contributed by atoms with Gasteiger partial charge in [0.1, 0.15) is 5.69 Å². The summed E-state index contributed by atoms with van der Waals surface area (Å²) in [5, 5.41) is 0. The number of hydrogen-bond donors (Lipinski definition) is 0. The van der Waals surface area contributed by atoms with Crippen LogP contribution in [0, 0.1) is 12.8 Å². The number of piperazine rings is 1. The molecule has 1 aromatic heterocycles. The van der Waals surface area contributed by atoms with Gasteiger partial charge in [-0.15, -0.1) is 0 Å². The van der Waals surface area contributed by atoms with Gasteiger partial charge in [-0.3, -0.25) is 4.90 Å². The molecule has 8 heteroatoms. The summed E-state index contributed by atoms with van der Waals surface area (Å²) < 4.78 is 44.2. The number of rotatable bonds is 3. The molecule has 2 fully saturated rings. The average Bonchev–Trinajstić information content (AvgIpc) is 2.55. The van der Waals surface area contributed by atoms with E-state index in [0.717, 1.165) is 45.3 Å². The van der Waals surface area contributed by atoms with Crippen LogP contribution in [-0.2, 0) is 10.9 Å². The van der Waals surface area contributed by atoms with Crippen LogP contribution in [0.25, 0.3) is 0 Å². The number of aromatic nitrogens is 2. The van der Waals surface area contributed by atoms with Crippen molar-refractivity contribution < 1.29 is 17.9 Å². The van der Waals surface area contributed by atoms with Gasteiger partial charge in [-0.1, -0.05) is 0 Å². The first-order chi connectivity index (χ1) is 11.4. The van der Waals surface area contributed by atoms with Crippen LogP contribution in [-0.4, -0.2) is 60.8 Å². The van der Waals surface area contributed by atoms with Crippen molar-refractivity contribution in [1.29, 1.82) is 0 Å². The van der Waals surface area contributed by atoms with E-state index in [1.54, 1.807) is 6.92 Å². The van der Waals surface area contributed by atoms with Crippen LogP contribution in [0.15, 0.2) is 6.07 Å². The second kappa shape index (κ2) is 7.23. The van der Waals surface area contributed by atoms with Gasteiger partial charge in [0.05, 0.1) is 6.61 Å². The number of anilines is 1. The minimum Gasteiger partial charge on any atom is -0.381 e. The van der Waals surface area contributed by atoms with Crippen molar-refractivity contribution in [3.05, 3.63) is 17.5 Å². The molecule has 1 aromatic rings. The minimum absolute atomic E-state index is 0.183. The first-order valence-electron chi connectivity index (χ1n) is 8.40. The van der Waals surface area contributed by atoms with Crippen LogP contribution in [0.3, 0.4) is 0 Å². The fraction of sp³-hybridized carbons (Fsp3) is 0.750. The molecule has 0 radical (unpaired) electrons. The van der Waals surface area contributed by atoms with Gasteiger partial charge in [-0.2, -0.15) is 13.2 Å². The molecule has 24 heavy (non-hydrogen) atoms. The molecule has 2 saturated heterocycles. The molecule has 3 heterocycles. The van der Waals surface area contributed by atoms with Crippen molar-refractivity contribution in [3.8, 4) is 0 Å². The van der Waals surface area contributed by atoms with Gasteiger partial charge in [0.2, 0.25) is 5.95 Å². The molecule has 0 amide bonds. The summed E-state index contributed by atoms with van der Waals surface area (Å²) in [4.78, 5) is 12.1. The zero-order chi connectivity index (χ0) is 17.2. The summed E-state index contributed by atoms with van der Waals surface area (Å²) in [5.74, 6) is 0.750. The highest BCUT2D eigenvalue weighted by molar-refractivity contribution is 5.33. The van der Waals surface area contributed by atoms with Crippen LogP contribution in [0.2, 0.25) is 0 Å². The molecule has 0 saturated carbocycles. The molecule has 1 atom stereocenters. The van der Waals surface area contributed by atoms with E-state index in [-0.39, 0.29) is 5.95 Å². The Morgan fingerprint density at radius 3 is 2.58 bits per heavy atom. The van der Waals surface area contributed by atoms with Crippen LogP contribution >= 0.6 is 0 Å². The van der Waals surface area contributed by atoms with Crippen molar-refractivity contribution in [2.45, 2.75) is 25.9 Å². The quantitative estimate of drug-likeness (QED) is 0.842. The molecular formula is C16H23F3N4O. The third-order valence-corrected chi connectivity index (χ3v) is 4.56. The lowest BCUT2D eigenvalue weighted by Gasteiger charge is -2.37. The molecule has 0 N–H and O–H groups in total. The lowest BCUT2D eigenvalue weighted by Crippen LogP contribution is -2.49. The lowest BCUT2D eigenvalue weighted by atomic mass is 10.0. The first kappa shape index (κ1) is 17.4. The molecule has 0 spiro atoms. The molecule has 5 nitrogen and oxygen atoms in total. The van der Waals surface area contributed by atoms with E-state index in [1.165, 1.54) is 6.42 Å². The van der Waals surface area contributed by atoms with Crippen molar-refractivity contribution >= 4 is 5.95 Å². The Labute approximate surface area is 139 Å². The van der Waals surface area contributed by atoms with Gasteiger partial charge in [0, 0.05) is 45.0 Å². The molecule has 2 aliphatic rings. The highest BCUT2D eigenvalue weighted by Gasteiger charge is 2.34. The largest absolute Gasteiger partial charge is 0.433 e. The van der Waals surface area contributed by atoms with Gasteiger partial charge < -0.3 is 9.64 Å². The average molecular weight is 344 g/mol. The van der Waals surface area contributed by atoms with Crippen LogP contribution in [0.5, 0.6) is 0 Å². The van der Waals surface area contributed by atoms with Gasteiger partial charge in [-0.25, -0.2) is 9.97 Å². The summed E-state index contributed by atoms with van der Waals surface area (Å²) in [5.41, 5.74) is -0.527. The Hall–Kier alpha value is -1.41. The minimum atomic E-state index is -4.44. The topological polar surface area (TPSA) is 41.5 Å². The second-order valence-corrected chi connectivity index (χ2v) is 6.56. The van der Waals surface area contributed by atoms with Crippen molar-refractivity contribution in [2.24, 2.45) is 5.92 Å². The fourth-order valence-corrected chi connectivity index (χ4v) is 3.29. The second-order valence-electron chi connectivity index (χ2n) is 6.56. The maximum atomic E-state index is 12.9. The van der Waals surface area contributed by atoms with E-state index in [2.05, 4.69) is 14.9 Å². The summed E-state index contributed by atoms with van der Waals surface area (Å²) in [6, 6.07) is 0.989. The molecule has 134 valence electrons. The third-order valence-electron chi connectivity index (χ3n) is 4.56. The number of ether oxygens (including phenoxy) is 1. The number of hydrogen-bond acceptors (Lipinski definition) is 5. The Bertz CT molecular complexity index is 553. The van der Waals surface area contributed by atoms with E-state index in [9.17, 15) is 13.2 Å². The summed E-state index contributed by atoms with van der Waals surface area (Å²) in [7, 11) is 0. The van der Waals surface area contributed by atoms with Gasteiger partial charge in [0.25, 0.3) is 0 Å². The maximum Gasteiger partial charge on any atom is 0.433 e. The molecule has 2 aliphatic heterocycles. The highest BCUT2D eigenvalue weighted by Crippen LogP contribution is 2.29. The van der Waals surface area contributed by atoms with Gasteiger partial charge >= 0.3 is 6.18 Å². The number of alkyl halides is 3. The predicted octanol–water partition coefficient (Wildman–Crippen LogP) is 2.35. The molecule has 0 bridgehead atoms. The third kappa shape index (κ3) is 4.36. The summed E-state index contributed by atoms with van der Waals surface area (Å²) in [6.07, 6.45) is -2.14. The lowest BCUT2D eigenvalue weighted by molar-refractivity contribution is -0.141. The van der Waals surface area contributed by atoms with Gasteiger partial charge in [0.15, 0.2) is 0 Å². The van der Waals surface area contributed by atoms with Crippen molar-refractivity contribution in [3.63, 3.8) is 0 Å². The van der Waals surface area contributed by atoms with Crippen molar-refractivity contribution in [2.75, 3.05) is 50.8 Å². The molecule has 3 rings (SSSR count). The number of aryl methyl sites for hydroxylation is 1. The molecular weight excluding hydrogens is 321 g/mol. The maximum absolute atomic E-state index is 12.9. The molecule has 0 aromatic carbocycles. The van der Waals surface area contributed by atoms with Gasteiger partial charge in [-0.05, 0) is 31.7 Å². The number of nitrogens with zero attached hydrogens (tertiary/aromatic N) is 4. The van der Waals surface area contributed by atoms with Crippen molar-refractivity contribution in [1.82, 2.24) is 14.9 Å². The van der Waals surface area contributed by atoms with Crippen LogP contribution in [0.4, 0.5) is 19.1 Å². The smallest absolute Gasteiger partial charge is 0.381 e.